The summed E-state index contributed by atoms with van der Waals surface area (Å²) < 4.78 is 0. The molecule has 4 rings (SSSR count). The van der Waals surface area contributed by atoms with Crippen LogP contribution in [0.3, 0.4) is 0 Å². The minimum atomic E-state index is 0.749. The van der Waals surface area contributed by atoms with Crippen LogP contribution in [0.5, 0.6) is 0 Å². The zero-order valence-electron chi connectivity index (χ0n) is 10.8. The molecule has 1 aliphatic heterocycles. The van der Waals surface area contributed by atoms with E-state index >= 15 is 0 Å². The molecule has 1 aliphatic carbocycles. The van der Waals surface area contributed by atoms with E-state index in [2.05, 4.69) is 23.1 Å². The summed E-state index contributed by atoms with van der Waals surface area (Å²) in [5.41, 5.74) is 0.930. The summed E-state index contributed by atoms with van der Waals surface area (Å²) >= 11 is 6.26. The molecule has 0 amide bonds. The van der Waals surface area contributed by atoms with Crippen LogP contribution in [0.2, 0.25) is 5.02 Å². The number of fused-ring (bicyclic) bond motifs is 3. The number of benzene rings is 1. The van der Waals surface area contributed by atoms with Crippen molar-refractivity contribution in [3.8, 4) is 0 Å². The predicted molar refractivity (Wildman–Crippen MR) is 79.8 cm³/mol. The van der Waals surface area contributed by atoms with Crippen LogP contribution in [0.4, 0.5) is 5.82 Å². The number of halogens is 1. The fourth-order valence-corrected chi connectivity index (χ4v) is 3.90. The zero-order chi connectivity index (χ0) is 12.8. The monoisotopic (exact) mass is 272 g/mol. The molecule has 98 valence electrons. The molecule has 2 bridgehead atoms. The summed E-state index contributed by atoms with van der Waals surface area (Å²) in [5.74, 6) is 2.85. The maximum atomic E-state index is 6.26. The molecule has 1 saturated heterocycles. The van der Waals surface area contributed by atoms with Gasteiger partial charge in [0.1, 0.15) is 5.82 Å². The number of rotatable bonds is 1. The second-order valence-corrected chi connectivity index (χ2v) is 6.34. The van der Waals surface area contributed by atoms with Crippen molar-refractivity contribution in [2.75, 3.05) is 18.0 Å². The van der Waals surface area contributed by atoms with E-state index in [0.717, 1.165) is 33.6 Å². The SMILES string of the molecule is Clc1cccc2ccc(N3C[C@@H]4CC[C@@H](C4)C3)nc12. The van der Waals surface area contributed by atoms with Crippen LogP contribution in [0, 0.1) is 11.8 Å². The summed E-state index contributed by atoms with van der Waals surface area (Å²) in [6.07, 6.45) is 4.22. The molecule has 0 N–H and O–H groups in total. The average Bonchev–Trinajstić information content (AvgIpc) is 2.78. The largest absolute Gasteiger partial charge is 0.356 e. The van der Waals surface area contributed by atoms with Gasteiger partial charge in [-0.3, -0.25) is 0 Å². The molecule has 1 saturated carbocycles. The van der Waals surface area contributed by atoms with Gasteiger partial charge in [-0.15, -0.1) is 0 Å². The predicted octanol–water partition coefficient (Wildman–Crippen LogP) is 4.12. The van der Waals surface area contributed by atoms with Gasteiger partial charge in [0.05, 0.1) is 10.5 Å². The van der Waals surface area contributed by atoms with E-state index in [1.54, 1.807) is 0 Å². The fraction of sp³-hybridized carbons (Fsp3) is 0.438. The Morgan fingerprint density at radius 3 is 2.63 bits per heavy atom. The Kier molecular flexibility index (Phi) is 2.66. The molecule has 1 aromatic carbocycles. The number of piperidine rings is 1. The van der Waals surface area contributed by atoms with Crippen LogP contribution in [0.15, 0.2) is 30.3 Å². The molecule has 2 aliphatic rings. The summed E-state index contributed by atoms with van der Waals surface area (Å²) in [6, 6.07) is 10.2. The van der Waals surface area contributed by atoms with Gasteiger partial charge in [-0.2, -0.15) is 0 Å². The van der Waals surface area contributed by atoms with Crippen molar-refractivity contribution in [2.24, 2.45) is 11.8 Å². The number of anilines is 1. The van der Waals surface area contributed by atoms with Crippen molar-refractivity contribution in [1.82, 2.24) is 4.98 Å². The van der Waals surface area contributed by atoms with Gasteiger partial charge in [0.25, 0.3) is 0 Å². The molecule has 1 aromatic heterocycles. The maximum absolute atomic E-state index is 6.26. The molecule has 2 heterocycles. The number of hydrogen-bond acceptors (Lipinski definition) is 2. The molecule has 0 radical (unpaired) electrons. The highest BCUT2D eigenvalue weighted by Gasteiger charge is 2.33. The molecule has 2 atom stereocenters. The van der Waals surface area contributed by atoms with Crippen molar-refractivity contribution in [3.05, 3.63) is 35.4 Å². The van der Waals surface area contributed by atoms with Gasteiger partial charge < -0.3 is 4.90 Å². The highest BCUT2D eigenvalue weighted by Crippen LogP contribution is 2.38. The van der Waals surface area contributed by atoms with Crippen LogP contribution in [-0.4, -0.2) is 18.1 Å². The zero-order valence-corrected chi connectivity index (χ0v) is 11.6. The number of hydrogen-bond donors (Lipinski definition) is 0. The molecule has 19 heavy (non-hydrogen) atoms. The standard InChI is InChI=1S/C16H17ClN2/c17-14-3-1-2-13-6-7-15(18-16(13)14)19-9-11-4-5-12(8-11)10-19/h1-3,6-7,11-12H,4-5,8-10H2/t11-,12+. The summed E-state index contributed by atoms with van der Waals surface area (Å²) in [4.78, 5) is 7.24. The first-order chi connectivity index (χ1) is 9.29. The first-order valence-corrected chi connectivity index (χ1v) is 7.47. The Morgan fingerprint density at radius 2 is 1.84 bits per heavy atom. The van der Waals surface area contributed by atoms with E-state index in [0.29, 0.717) is 0 Å². The van der Waals surface area contributed by atoms with E-state index in [1.165, 1.54) is 32.4 Å². The van der Waals surface area contributed by atoms with E-state index in [1.807, 2.05) is 12.1 Å². The Labute approximate surface area is 118 Å². The molecular formula is C16H17ClN2. The molecule has 2 nitrogen and oxygen atoms in total. The Hall–Kier alpha value is -1.28. The lowest BCUT2D eigenvalue weighted by Gasteiger charge is -2.32. The lowest BCUT2D eigenvalue weighted by Crippen LogP contribution is -2.36. The van der Waals surface area contributed by atoms with Gasteiger partial charge in [0.15, 0.2) is 0 Å². The van der Waals surface area contributed by atoms with Gasteiger partial charge in [-0.1, -0.05) is 23.7 Å². The van der Waals surface area contributed by atoms with Crippen molar-refractivity contribution in [3.63, 3.8) is 0 Å². The van der Waals surface area contributed by atoms with Gasteiger partial charge in [0.2, 0.25) is 0 Å². The van der Waals surface area contributed by atoms with Gasteiger partial charge in [-0.05, 0) is 49.3 Å². The minimum absolute atomic E-state index is 0.749. The van der Waals surface area contributed by atoms with Crippen molar-refractivity contribution in [1.29, 1.82) is 0 Å². The smallest absolute Gasteiger partial charge is 0.129 e. The molecule has 2 aromatic rings. The number of nitrogens with zero attached hydrogens (tertiary/aromatic N) is 2. The number of pyridine rings is 1. The fourth-order valence-electron chi connectivity index (χ4n) is 3.67. The second-order valence-electron chi connectivity index (χ2n) is 5.93. The average molecular weight is 273 g/mol. The summed E-state index contributed by atoms with van der Waals surface area (Å²) in [7, 11) is 0. The molecule has 2 fully saturated rings. The minimum Gasteiger partial charge on any atom is -0.356 e. The molecule has 3 heteroatoms. The summed E-state index contributed by atoms with van der Waals surface area (Å²) in [5, 5.41) is 1.87. The second kappa shape index (κ2) is 4.38. The van der Waals surface area contributed by atoms with E-state index < -0.39 is 0 Å². The van der Waals surface area contributed by atoms with Crippen LogP contribution in [0.1, 0.15) is 19.3 Å². The van der Waals surface area contributed by atoms with E-state index in [9.17, 15) is 0 Å². The highest BCUT2D eigenvalue weighted by molar-refractivity contribution is 6.35. The number of aromatic nitrogens is 1. The van der Waals surface area contributed by atoms with E-state index in [-0.39, 0.29) is 0 Å². The lowest BCUT2D eigenvalue weighted by molar-refractivity contribution is 0.419. The van der Waals surface area contributed by atoms with Gasteiger partial charge in [0, 0.05) is 18.5 Å². The number of para-hydroxylation sites is 1. The van der Waals surface area contributed by atoms with Crippen molar-refractivity contribution < 1.29 is 0 Å². The lowest BCUT2D eigenvalue weighted by atomic mass is 9.99. The first-order valence-electron chi connectivity index (χ1n) is 7.10. The van der Waals surface area contributed by atoms with Gasteiger partial charge >= 0.3 is 0 Å². The van der Waals surface area contributed by atoms with Gasteiger partial charge in [-0.25, -0.2) is 4.98 Å². The third kappa shape index (κ3) is 1.99. The Bertz CT molecular complexity index is 613. The molecule has 0 spiro atoms. The van der Waals surface area contributed by atoms with Crippen molar-refractivity contribution >= 4 is 28.3 Å². The first kappa shape index (κ1) is 11.5. The van der Waals surface area contributed by atoms with Crippen molar-refractivity contribution in [2.45, 2.75) is 19.3 Å². The third-order valence-corrected chi connectivity index (χ3v) is 4.89. The van der Waals surface area contributed by atoms with E-state index in [4.69, 9.17) is 16.6 Å². The maximum Gasteiger partial charge on any atom is 0.129 e. The quantitative estimate of drug-likeness (QED) is 0.776. The topological polar surface area (TPSA) is 16.1 Å². The normalized spacial score (nSPS) is 26.1. The Balaban J connectivity index is 1.73. The highest BCUT2D eigenvalue weighted by atomic mass is 35.5. The Morgan fingerprint density at radius 1 is 1.05 bits per heavy atom. The molecular weight excluding hydrogens is 256 g/mol. The summed E-state index contributed by atoms with van der Waals surface area (Å²) in [6.45, 7) is 2.33. The van der Waals surface area contributed by atoms with Crippen LogP contribution in [0.25, 0.3) is 10.9 Å². The van der Waals surface area contributed by atoms with Crippen LogP contribution >= 0.6 is 11.6 Å². The van der Waals surface area contributed by atoms with Crippen LogP contribution in [-0.2, 0) is 0 Å². The molecule has 0 unspecified atom stereocenters. The van der Waals surface area contributed by atoms with Crippen LogP contribution < -0.4 is 4.90 Å². The third-order valence-electron chi connectivity index (χ3n) is 4.59.